The monoisotopic (exact) mass is 361 g/mol. The van der Waals surface area contributed by atoms with E-state index < -0.39 is 12.0 Å². The summed E-state index contributed by atoms with van der Waals surface area (Å²) in [5, 5.41) is 0.782. The third-order valence-corrected chi connectivity index (χ3v) is 4.69. The Morgan fingerprint density at radius 2 is 1.81 bits per heavy atom. The molecule has 0 aliphatic carbocycles. The van der Waals surface area contributed by atoms with Gasteiger partial charge in [0.15, 0.2) is 6.10 Å². The zero-order valence-electron chi connectivity index (χ0n) is 14.7. The lowest BCUT2D eigenvalue weighted by atomic mass is 10.0. The predicted molar refractivity (Wildman–Crippen MR) is 102 cm³/mol. The number of para-hydroxylation sites is 1. The third kappa shape index (κ3) is 3.39. The Morgan fingerprint density at radius 1 is 1.07 bits per heavy atom. The van der Waals surface area contributed by atoms with Crippen LogP contribution in [0.15, 0.2) is 60.7 Å². The first kappa shape index (κ1) is 17.2. The number of morpholine rings is 1. The van der Waals surface area contributed by atoms with Crippen molar-refractivity contribution in [1.29, 1.82) is 0 Å². The number of amides is 2. The summed E-state index contributed by atoms with van der Waals surface area (Å²) in [4.78, 5) is 31.0. The highest BCUT2D eigenvalue weighted by Crippen LogP contribution is 2.26. The van der Waals surface area contributed by atoms with E-state index >= 15 is 0 Å². The number of benzene rings is 2. The Kier molecular flexibility index (Phi) is 4.56. The largest absolute Gasteiger partial charge is 0.367 e. The summed E-state index contributed by atoms with van der Waals surface area (Å²) < 4.78 is 5.36. The number of nitrogens with two attached hydrogens (primary N) is 1. The van der Waals surface area contributed by atoms with Crippen molar-refractivity contribution < 1.29 is 14.3 Å². The van der Waals surface area contributed by atoms with Crippen molar-refractivity contribution in [3.63, 3.8) is 0 Å². The van der Waals surface area contributed by atoms with Crippen molar-refractivity contribution in [3.05, 3.63) is 66.2 Å². The highest BCUT2D eigenvalue weighted by molar-refractivity contribution is 6.07. The van der Waals surface area contributed by atoms with E-state index in [2.05, 4.69) is 0 Å². The fourth-order valence-corrected chi connectivity index (χ4v) is 3.29. The maximum atomic E-state index is 13.3. The Morgan fingerprint density at radius 3 is 2.59 bits per heavy atom. The van der Waals surface area contributed by atoms with Gasteiger partial charge in [-0.05, 0) is 12.1 Å². The summed E-state index contributed by atoms with van der Waals surface area (Å²) >= 11 is 0. The third-order valence-electron chi connectivity index (χ3n) is 4.69. The molecule has 1 atom stereocenters. The number of hydrogen-bond donors (Lipinski definition) is 1. The van der Waals surface area contributed by atoms with E-state index in [1.807, 2.05) is 60.7 Å². The van der Waals surface area contributed by atoms with E-state index in [-0.39, 0.29) is 19.1 Å². The Hall–Kier alpha value is -3.25. The SMILES string of the molecule is NC(=O)C1CN(C(=O)c2cc(-c3ccccc3)nc3ccccc23)CCO1. The van der Waals surface area contributed by atoms with Crippen molar-refractivity contribution >= 4 is 22.7 Å². The summed E-state index contributed by atoms with van der Waals surface area (Å²) in [5.41, 5.74) is 8.33. The van der Waals surface area contributed by atoms with Crippen molar-refractivity contribution in [2.24, 2.45) is 5.73 Å². The average Bonchev–Trinajstić information content (AvgIpc) is 2.73. The minimum Gasteiger partial charge on any atom is -0.367 e. The molecule has 0 bridgehead atoms. The van der Waals surface area contributed by atoms with E-state index in [1.54, 1.807) is 4.90 Å². The summed E-state index contributed by atoms with van der Waals surface area (Å²) in [6, 6.07) is 19.1. The second-order valence-corrected chi connectivity index (χ2v) is 6.45. The molecule has 1 unspecified atom stereocenters. The second kappa shape index (κ2) is 7.17. The number of carbonyl (C=O) groups is 2. The molecule has 0 radical (unpaired) electrons. The van der Waals surface area contributed by atoms with Gasteiger partial charge in [-0.1, -0.05) is 48.5 Å². The summed E-state index contributed by atoms with van der Waals surface area (Å²) in [6.07, 6.45) is -0.774. The fourth-order valence-electron chi connectivity index (χ4n) is 3.29. The lowest BCUT2D eigenvalue weighted by Crippen LogP contribution is -2.50. The van der Waals surface area contributed by atoms with Crippen LogP contribution in [-0.2, 0) is 9.53 Å². The molecule has 1 saturated heterocycles. The summed E-state index contributed by atoms with van der Waals surface area (Å²) in [7, 11) is 0. The Labute approximate surface area is 156 Å². The number of primary amides is 1. The van der Waals surface area contributed by atoms with E-state index in [0.29, 0.717) is 12.1 Å². The number of carbonyl (C=O) groups excluding carboxylic acids is 2. The van der Waals surface area contributed by atoms with Gasteiger partial charge in [-0.3, -0.25) is 9.59 Å². The van der Waals surface area contributed by atoms with Crippen LogP contribution in [0.3, 0.4) is 0 Å². The highest BCUT2D eigenvalue weighted by atomic mass is 16.5. The van der Waals surface area contributed by atoms with E-state index in [0.717, 1.165) is 22.2 Å². The fraction of sp³-hybridized carbons (Fsp3) is 0.190. The van der Waals surface area contributed by atoms with Crippen LogP contribution >= 0.6 is 0 Å². The minimum atomic E-state index is -0.774. The minimum absolute atomic E-state index is 0.152. The molecule has 3 aromatic rings. The van der Waals surface area contributed by atoms with Gasteiger partial charge in [-0.2, -0.15) is 0 Å². The molecule has 4 rings (SSSR count). The Balaban J connectivity index is 1.78. The van der Waals surface area contributed by atoms with E-state index in [4.69, 9.17) is 15.5 Å². The van der Waals surface area contributed by atoms with Gasteiger partial charge in [0.05, 0.1) is 29.9 Å². The van der Waals surface area contributed by atoms with Crippen LogP contribution in [0.2, 0.25) is 0 Å². The first-order chi connectivity index (χ1) is 13.1. The van der Waals surface area contributed by atoms with Crippen LogP contribution in [0.1, 0.15) is 10.4 Å². The molecule has 2 aromatic carbocycles. The maximum Gasteiger partial charge on any atom is 0.254 e. The van der Waals surface area contributed by atoms with Gasteiger partial charge >= 0.3 is 0 Å². The molecule has 1 fully saturated rings. The molecule has 1 aliphatic heterocycles. The van der Waals surface area contributed by atoms with E-state index in [9.17, 15) is 9.59 Å². The molecule has 2 N–H and O–H groups in total. The molecular weight excluding hydrogens is 342 g/mol. The maximum absolute atomic E-state index is 13.3. The smallest absolute Gasteiger partial charge is 0.254 e. The summed E-state index contributed by atoms with van der Waals surface area (Å²) in [6.45, 7) is 0.860. The standard InChI is InChI=1S/C21H19N3O3/c22-20(25)19-13-24(10-11-27-19)21(26)16-12-18(14-6-2-1-3-7-14)23-17-9-5-4-8-15(16)17/h1-9,12,19H,10-11,13H2,(H2,22,25). The average molecular weight is 361 g/mol. The van der Waals surface area contributed by atoms with Crippen molar-refractivity contribution in [2.45, 2.75) is 6.10 Å². The van der Waals surface area contributed by atoms with Gasteiger partial charge in [0.25, 0.3) is 5.91 Å². The van der Waals surface area contributed by atoms with Crippen molar-refractivity contribution in [1.82, 2.24) is 9.88 Å². The molecule has 0 saturated carbocycles. The predicted octanol–water partition coefficient (Wildman–Crippen LogP) is 2.23. The van der Waals surface area contributed by atoms with Gasteiger partial charge < -0.3 is 15.4 Å². The molecule has 2 heterocycles. The molecule has 1 aromatic heterocycles. The second-order valence-electron chi connectivity index (χ2n) is 6.45. The van der Waals surface area contributed by atoms with Crippen LogP contribution < -0.4 is 5.73 Å². The van der Waals surface area contributed by atoms with E-state index in [1.165, 1.54) is 0 Å². The number of fused-ring (bicyclic) bond motifs is 1. The zero-order chi connectivity index (χ0) is 18.8. The lowest BCUT2D eigenvalue weighted by molar-refractivity contribution is -0.133. The van der Waals surface area contributed by atoms with Gasteiger partial charge in [0.2, 0.25) is 5.91 Å². The lowest BCUT2D eigenvalue weighted by Gasteiger charge is -2.31. The topological polar surface area (TPSA) is 85.5 Å². The number of aromatic nitrogens is 1. The summed E-state index contributed by atoms with van der Waals surface area (Å²) in [5.74, 6) is -0.711. The number of hydrogen-bond acceptors (Lipinski definition) is 4. The van der Waals surface area contributed by atoms with Crippen molar-refractivity contribution in [3.8, 4) is 11.3 Å². The van der Waals surface area contributed by atoms with Crippen LogP contribution in [0.25, 0.3) is 22.2 Å². The highest BCUT2D eigenvalue weighted by Gasteiger charge is 2.29. The van der Waals surface area contributed by atoms with Crippen LogP contribution in [-0.4, -0.2) is 47.5 Å². The van der Waals surface area contributed by atoms with Crippen LogP contribution in [0, 0.1) is 0 Å². The number of nitrogens with zero attached hydrogens (tertiary/aromatic N) is 2. The molecule has 2 amide bonds. The molecule has 27 heavy (non-hydrogen) atoms. The van der Waals surface area contributed by atoms with Gasteiger partial charge in [-0.25, -0.2) is 4.98 Å². The van der Waals surface area contributed by atoms with Gasteiger partial charge in [0, 0.05) is 17.5 Å². The molecular formula is C21H19N3O3. The van der Waals surface area contributed by atoms with Crippen LogP contribution in [0.4, 0.5) is 0 Å². The molecule has 6 heteroatoms. The van der Waals surface area contributed by atoms with Crippen molar-refractivity contribution in [2.75, 3.05) is 19.7 Å². The Bertz CT molecular complexity index is 1000. The van der Waals surface area contributed by atoms with Gasteiger partial charge in [-0.15, -0.1) is 0 Å². The quantitative estimate of drug-likeness (QED) is 0.775. The molecule has 0 spiro atoms. The normalized spacial score (nSPS) is 17.0. The first-order valence-corrected chi connectivity index (χ1v) is 8.79. The molecule has 136 valence electrons. The van der Waals surface area contributed by atoms with Gasteiger partial charge in [0.1, 0.15) is 0 Å². The molecule has 1 aliphatic rings. The number of ether oxygens (including phenoxy) is 1. The first-order valence-electron chi connectivity index (χ1n) is 8.79. The number of rotatable bonds is 3. The zero-order valence-corrected chi connectivity index (χ0v) is 14.7. The molecule has 6 nitrogen and oxygen atoms in total. The van der Waals surface area contributed by atoms with Crippen LogP contribution in [0.5, 0.6) is 0 Å². The number of pyridine rings is 1.